The van der Waals surface area contributed by atoms with Crippen molar-refractivity contribution < 1.29 is 5.11 Å². The van der Waals surface area contributed by atoms with Gasteiger partial charge in [-0.25, -0.2) is 19.9 Å². The van der Waals surface area contributed by atoms with Crippen LogP contribution in [-0.4, -0.2) is 50.3 Å². The van der Waals surface area contributed by atoms with Gasteiger partial charge in [0.2, 0.25) is 0 Å². The van der Waals surface area contributed by atoms with E-state index in [-0.39, 0.29) is 11.9 Å². The molecule has 0 unspecified atom stereocenters. The first-order chi connectivity index (χ1) is 13.0. The number of aromatic nitrogens is 4. The molecule has 0 bridgehead atoms. The molecular weight excluding hydrogens is 386 g/mol. The minimum absolute atomic E-state index is 0.190. The fraction of sp³-hybridized carbons (Fsp3) is 0.294. The van der Waals surface area contributed by atoms with Crippen LogP contribution in [0.3, 0.4) is 0 Å². The molecule has 0 spiro atoms. The van der Waals surface area contributed by atoms with Gasteiger partial charge in [0.25, 0.3) is 0 Å². The largest absolute Gasteiger partial charge is 0.390 e. The summed E-state index contributed by atoms with van der Waals surface area (Å²) in [7, 11) is 0. The van der Waals surface area contributed by atoms with Gasteiger partial charge in [-0.15, -0.1) is 0 Å². The minimum atomic E-state index is -0.564. The van der Waals surface area contributed by atoms with Gasteiger partial charge >= 0.3 is 0 Å². The second kappa shape index (κ2) is 7.43. The van der Waals surface area contributed by atoms with Crippen LogP contribution < -0.4 is 16.4 Å². The van der Waals surface area contributed by atoms with Gasteiger partial charge in [-0.3, -0.25) is 0 Å². The molecular formula is C17H18ClN7OS. The quantitative estimate of drug-likeness (QED) is 0.598. The number of fused-ring (bicyclic) bond motifs is 1. The molecule has 4 heterocycles. The summed E-state index contributed by atoms with van der Waals surface area (Å²) in [4.78, 5) is 20.3. The van der Waals surface area contributed by atoms with Crippen molar-refractivity contribution in [3.63, 3.8) is 0 Å². The molecule has 4 rings (SSSR count). The van der Waals surface area contributed by atoms with Crippen molar-refractivity contribution in [2.45, 2.75) is 28.5 Å². The fourth-order valence-corrected chi connectivity index (χ4v) is 3.92. The number of piperidine rings is 1. The standard InChI is InChI=1S/C17H18ClN7OS/c18-15-12(3-5-21-16(15)20)27-14-2-1-10-17(24-14)22-7-13(23-10)25-6-4-9(19)11(26)8-25/h1-3,5,7,9,11,26H,4,6,8,19H2,(H2,20,21)/t9-,11+/m1/s1. The van der Waals surface area contributed by atoms with E-state index in [1.165, 1.54) is 11.8 Å². The van der Waals surface area contributed by atoms with E-state index < -0.39 is 6.10 Å². The molecule has 5 N–H and O–H groups in total. The summed E-state index contributed by atoms with van der Waals surface area (Å²) in [5, 5.41) is 11.1. The Morgan fingerprint density at radius 2 is 2.07 bits per heavy atom. The minimum Gasteiger partial charge on any atom is -0.390 e. The van der Waals surface area contributed by atoms with Crippen molar-refractivity contribution in [3.8, 4) is 0 Å². The number of pyridine rings is 2. The Balaban J connectivity index is 1.58. The monoisotopic (exact) mass is 403 g/mol. The third-order valence-electron chi connectivity index (χ3n) is 4.42. The van der Waals surface area contributed by atoms with Gasteiger partial charge < -0.3 is 21.5 Å². The summed E-state index contributed by atoms with van der Waals surface area (Å²) in [6, 6.07) is 5.33. The van der Waals surface area contributed by atoms with Crippen molar-refractivity contribution in [2.24, 2.45) is 5.73 Å². The van der Waals surface area contributed by atoms with Crippen LogP contribution in [0.15, 0.2) is 40.5 Å². The average Bonchev–Trinajstić information content (AvgIpc) is 2.67. The molecule has 1 aliphatic rings. The molecule has 8 nitrogen and oxygen atoms in total. The number of aliphatic hydroxyl groups is 1. The lowest BCUT2D eigenvalue weighted by Gasteiger charge is -2.34. The third kappa shape index (κ3) is 3.77. The number of nitrogens with zero attached hydrogens (tertiary/aromatic N) is 5. The Morgan fingerprint density at radius 1 is 1.22 bits per heavy atom. The SMILES string of the molecule is Nc1nccc(Sc2ccc3nc(N4CC[C@@H](N)[C@@H](O)C4)cnc3n2)c1Cl. The van der Waals surface area contributed by atoms with Gasteiger partial charge in [-0.2, -0.15) is 0 Å². The molecule has 0 aliphatic carbocycles. The highest BCUT2D eigenvalue weighted by atomic mass is 35.5. The fourth-order valence-electron chi connectivity index (χ4n) is 2.88. The van der Waals surface area contributed by atoms with Crippen LogP contribution in [0.1, 0.15) is 6.42 Å². The Kier molecular flexibility index (Phi) is 5.00. The van der Waals surface area contributed by atoms with Crippen molar-refractivity contribution in [3.05, 3.63) is 35.6 Å². The Hall–Kier alpha value is -2.20. The molecule has 10 heteroatoms. The highest BCUT2D eigenvalue weighted by molar-refractivity contribution is 7.99. The summed E-state index contributed by atoms with van der Waals surface area (Å²) in [5.41, 5.74) is 12.8. The van der Waals surface area contributed by atoms with E-state index in [1.807, 2.05) is 17.0 Å². The Morgan fingerprint density at radius 3 is 2.89 bits per heavy atom. The van der Waals surface area contributed by atoms with E-state index in [1.54, 1.807) is 18.5 Å². The molecule has 3 aromatic heterocycles. The van der Waals surface area contributed by atoms with E-state index >= 15 is 0 Å². The van der Waals surface area contributed by atoms with Crippen LogP contribution in [0.4, 0.5) is 11.6 Å². The van der Waals surface area contributed by atoms with Crippen molar-refractivity contribution in [1.29, 1.82) is 0 Å². The molecule has 1 aliphatic heterocycles. The van der Waals surface area contributed by atoms with Gasteiger partial charge in [-0.1, -0.05) is 23.4 Å². The number of hydrogen-bond acceptors (Lipinski definition) is 9. The summed E-state index contributed by atoms with van der Waals surface area (Å²) in [5.74, 6) is 0.996. The molecule has 0 aromatic carbocycles. The molecule has 1 saturated heterocycles. The maximum absolute atomic E-state index is 9.99. The van der Waals surface area contributed by atoms with E-state index in [2.05, 4.69) is 19.9 Å². The number of β-amino-alcohol motifs (C(OH)–C–C–N with tert-alkyl or cyclic N) is 1. The van der Waals surface area contributed by atoms with Gasteiger partial charge in [-0.05, 0) is 24.6 Å². The highest BCUT2D eigenvalue weighted by Crippen LogP contribution is 2.34. The molecule has 140 valence electrons. The Labute approximate surface area is 165 Å². The first-order valence-electron chi connectivity index (χ1n) is 8.41. The average molecular weight is 404 g/mol. The molecule has 0 amide bonds. The number of aliphatic hydroxyl groups excluding tert-OH is 1. The van der Waals surface area contributed by atoms with E-state index in [0.717, 1.165) is 16.5 Å². The van der Waals surface area contributed by atoms with Crippen molar-refractivity contribution in [1.82, 2.24) is 19.9 Å². The van der Waals surface area contributed by atoms with Gasteiger partial charge in [0, 0.05) is 30.2 Å². The normalized spacial score (nSPS) is 20.2. The molecule has 1 fully saturated rings. The second-order valence-electron chi connectivity index (χ2n) is 6.30. The number of hydrogen-bond donors (Lipinski definition) is 3. The molecule has 0 radical (unpaired) electrons. The maximum atomic E-state index is 9.99. The highest BCUT2D eigenvalue weighted by Gasteiger charge is 2.25. The van der Waals surface area contributed by atoms with Crippen LogP contribution in [0.25, 0.3) is 11.2 Å². The summed E-state index contributed by atoms with van der Waals surface area (Å²) >= 11 is 7.58. The predicted octanol–water partition coefficient (Wildman–Crippen LogP) is 1.70. The van der Waals surface area contributed by atoms with Crippen LogP contribution in [0.5, 0.6) is 0 Å². The predicted molar refractivity (Wildman–Crippen MR) is 106 cm³/mol. The third-order valence-corrected chi connectivity index (χ3v) is 5.93. The zero-order valence-corrected chi connectivity index (χ0v) is 15.9. The summed E-state index contributed by atoms with van der Waals surface area (Å²) in [6.07, 6.45) is 3.43. The van der Waals surface area contributed by atoms with Crippen molar-refractivity contribution >= 4 is 46.2 Å². The smallest absolute Gasteiger partial charge is 0.179 e. The van der Waals surface area contributed by atoms with Crippen LogP contribution in [-0.2, 0) is 0 Å². The number of rotatable bonds is 3. The summed E-state index contributed by atoms with van der Waals surface area (Å²) < 4.78 is 0. The zero-order chi connectivity index (χ0) is 19.0. The molecule has 2 atom stereocenters. The van der Waals surface area contributed by atoms with Gasteiger partial charge in [0.15, 0.2) is 5.65 Å². The first kappa shape index (κ1) is 18.2. The van der Waals surface area contributed by atoms with Crippen LogP contribution >= 0.6 is 23.4 Å². The lowest BCUT2D eigenvalue weighted by molar-refractivity contribution is 0.131. The zero-order valence-electron chi connectivity index (χ0n) is 14.3. The van der Waals surface area contributed by atoms with Gasteiger partial charge in [0.1, 0.15) is 22.2 Å². The van der Waals surface area contributed by atoms with Gasteiger partial charge in [0.05, 0.1) is 17.3 Å². The molecule has 27 heavy (non-hydrogen) atoms. The summed E-state index contributed by atoms with van der Waals surface area (Å²) in [6.45, 7) is 1.19. The first-order valence-corrected chi connectivity index (χ1v) is 9.61. The van der Waals surface area contributed by atoms with Crippen molar-refractivity contribution in [2.75, 3.05) is 23.7 Å². The number of anilines is 2. The van der Waals surface area contributed by atoms with E-state index in [0.29, 0.717) is 35.0 Å². The lowest BCUT2D eigenvalue weighted by atomic mass is 10.0. The van der Waals surface area contributed by atoms with E-state index in [4.69, 9.17) is 23.1 Å². The number of nitrogens with two attached hydrogens (primary N) is 2. The maximum Gasteiger partial charge on any atom is 0.179 e. The number of halogens is 1. The number of nitrogen functional groups attached to an aromatic ring is 1. The molecule has 3 aromatic rings. The second-order valence-corrected chi connectivity index (χ2v) is 7.74. The lowest BCUT2D eigenvalue weighted by Crippen LogP contribution is -2.50. The Bertz CT molecular complexity index is 989. The topological polar surface area (TPSA) is 127 Å². The van der Waals surface area contributed by atoms with E-state index in [9.17, 15) is 5.11 Å². The molecule has 0 saturated carbocycles. The van der Waals surface area contributed by atoms with Crippen LogP contribution in [0, 0.1) is 0 Å². The van der Waals surface area contributed by atoms with Crippen LogP contribution in [0.2, 0.25) is 5.02 Å².